The van der Waals surface area contributed by atoms with E-state index in [0.717, 1.165) is 18.9 Å². The number of hydrogen-bond acceptors (Lipinski definition) is 3. The fourth-order valence-corrected chi connectivity index (χ4v) is 1.57. The molecule has 0 unspecified atom stereocenters. The van der Waals surface area contributed by atoms with Gasteiger partial charge in [-0.05, 0) is 13.8 Å². The molecular formula is C10H17N5O. The van der Waals surface area contributed by atoms with Gasteiger partial charge < -0.3 is 10.6 Å². The fraction of sp³-hybridized carbons (Fsp3) is 0.600. The lowest BCUT2D eigenvalue weighted by Gasteiger charge is -2.28. The van der Waals surface area contributed by atoms with Crippen LogP contribution in [0.15, 0.2) is 12.3 Å². The molecule has 2 rings (SSSR count). The molecule has 0 aromatic carbocycles. The quantitative estimate of drug-likeness (QED) is 0.701. The Morgan fingerprint density at radius 3 is 2.94 bits per heavy atom. The molecule has 2 heterocycles. The van der Waals surface area contributed by atoms with Crippen LogP contribution in [0.25, 0.3) is 0 Å². The monoisotopic (exact) mass is 223 g/mol. The third-order valence-corrected chi connectivity index (χ3v) is 2.44. The van der Waals surface area contributed by atoms with Gasteiger partial charge in [-0.2, -0.15) is 5.10 Å². The summed E-state index contributed by atoms with van der Waals surface area (Å²) >= 11 is 0. The lowest BCUT2D eigenvalue weighted by atomic mass is 10.2. The van der Waals surface area contributed by atoms with E-state index in [1.807, 2.05) is 18.5 Å². The minimum Gasteiger partial charge on any atom is -0.336 e. The summed E-state index contributed by atoms with van der Waals surface area (Å²) in [6.45, 7) is 5.66. The van der Waals surface area contributed by atoms with Gasteiger partial charge in [0.2, 0.25) is 0 Å². The van der Waals surface area contributed by atoms with Crippen LogP contribution in [0.4, 0.5) is 10.6 Å². The molecule has 2 amide bonds. The van der Waals surface area contributed by atoms with Crippen molar-refractivity contribution in [3.05, 3.63) is 12.3 Å². The van der Waals surface area contributed by atoms with Crippen LogP contribution in [0.5, 0.6) is 0 Å². The van der Waals surface area contributed by atoms with E-state index >= 15 is 0 Å². The lowest BCUT2D eigenvalue weighted by Crippen LogP contribution is -2.44. The van der Waals surface area contributed by atoms with Crippen molar-refractivity contribution in [2.45, 2.75) is 25.9 Å². The molecule has 1 aliphatic rings. The zero-order valence-corrected chi connectivity index (χ0v) is 9.53. The van der Waals surface area contributed by atoms with Crippen molar-refractivity contribution in [1.82, 2.24) is 20.4 Å². The van der Waals surface area contributed by atoms with Gasteiger partial charge in [0.15, 0.2) is 0 Å². The molecule has 0 bridgehead atoms. The van der Waals surface area contributed by atoms with E-state index < -0.39 is 0 Å². The zero-order chi connectivity index (χ0) is 11.5. The topological polar surface area (TPSA) is 71.0 Å². The number of aromatic nitrogens is 2. The van der Waals surface area contributed by atoms with Crippen molar-refractivity contribution in [3.8, 4) is 0 Å². The molecule has 0 radical (unpaired) electrons. The second-order valence-corrected chi connectivity index (χ2v) is 4.23. The Hall–Kier alpha value is -1.56. The first-order valence-electron chi connectivity index (χ1n) is 5.48. The molecule has 3 N–H and O–H groups in total. The first-order chi connectivity index (χ1) is 7.66. The number of hydrogen-bond donors (Lipinski definition) is 3. The van der Waals surface area contributed by atoms with E-state index in [0.29, 0.717) is 6.04 Å². The van der Waals surface area contributed by atoms with Gasteiger partial charge in [-0.3, -0.25) is 5.32 Å². The second kappa shape index (κ2) is 4.52. The Balaban J connectivity index is 1.98. The number of carbonyl (C=O) groups is 1. The zero-order valence-electron chi connectivity index (χ0n) is 9.53. The Kier molecular flexibility index (Phi) is 3.09. The molecule has 1 fully saturated rings. The first kappa shape index (κ1) is 10.9. The maximum atomic E-state index is 11.5. The lowest BCUT2D eigenvalue weighted by molar-refractivity contribution is 0.249. The van der Waals surface area contributed by atoms with Gasteiger partial charge in [0.1, 0.15) is 5.82 Å². The summed E-state index contributed by atoms with van der Waals surface area (Å²) < 4.78 is 1.84. The standard InChI is InChI=1S/C10H17N5O/c1-7(2)13-10(16)14-9-3-4-12-15(9)8-5-11-6-8/h3-4,7-8,11H,5-6H2,1-2H3,(H2,13,14,16). The molecule has 6 nitrogen and oxygen atoms in total. The van der Waals surface area contributed by atoms with Gasteiger partial charge in [-0.1, -0.05) is 0 Å². The van der Waals surface area contributed by atoms with Crippen molar-refractivity contribution >= 4 is 11.8 Å². The van der Waals surface area contributed by atoms with Crippen LogP contribution < -0.4 is 16.0 Å². The SMILES string of the molecule is CC(C)NC(=O)Nc1ccnn1C1CNC1. The highest BCUT2D eigenvalue weighted by atomic mass is 16.2. The first-order valence-corrected chi connectivity index (χ1v) is 5.48. The summed E-state index contributed by atoms with van der Waals surface area (Å²) in [7, 11) is 0. The van der Waals surface area contributed by atoms with Crippen molar-refractivity contribution in [2.24, 2.45) is 0 Å². The highest BCUT2D eigenvalue weighted by Crippen LogP contribution is 2.17. The molecule has 1 aliphatic heterocycles. The molecular weight excluding hydrogens is 206 g/mol. The molecule has 1 aromatic heterocycles. The summed E-state index contributed by atoms with van der Waals surface area (Å²) in [6.07, 6.45) is 1.70. The molecule has 16 heavy (non-hydrogen) atoms. The van der Waals surface area contributed by atoms with Crippen molar-refractivity contribution in [3.63, 3.8) is 0 Å². The van der Waals surface area contributed by atoms with Gasteiger partial charge in [-0.15, -0.1) is 0 Å². The molecule has 88 valence electrons. The fourth-order valence-electron chi connectivity index (χ4n) is 1.57. The molecule has 0 spiro atoms. The normalized spacial score (nSPS) is 15.9. The number of amides is 2. The number of urea groups is 1. The van der Waals surface area contributed by atoms with E-state index in [2.05, 4.69) is 21.0 Å². The van der Waals surface area contributed by atoms with Crippen LogP contribution in [-0.2, 0) is 0 Å². The second-order valence-electron chi connectivity index (χ2n) is 4.23. The number of nitrogens with one attached hydrogen (secondary N) is 3. The van der Waals surface area contributed by atoms with Gasteiger partial charge in [0.05, 0.1) is 12.2 Å². The van der Waals surface area contributed by atoms with Crippen LogP contribution in [0, 0.1) is 0 Å². The van der Waals surface area contributed by atoms with Crippen molar-refractivity contribution in [2.75, 3.05) is 18.4 Å². The predicted molar refractivity (Wildman–Crippen MR) is 61.4 cm³/mol. The number of nitrogens with zero attached hydrogens (tertiary/aromatic N) is 2. The maximum absolute atomic E-state index is 11.5. The highest BCUT2D eigenvalue weighted by molar-refractivity contribution is 5.88. The van der Waals surface area contributed by atoms with Crippen LogP contribution in [0.2, 0.25) is 0 Å². The van der Waals surface area contributed by atoms with Crippen LogP contribution in [0.3, 0.4) is 0 Å². The Morgan fingerprint density at radius 2 is 2.38 bits per heavy atom. The highest BCUT2D eigenvalue weighted by Gasteiger charge is 2.22. The van der Waals surface area contributed by atoms with Gasteiger partial charge in [0, 0.05) is 25.2 Å². The Labute approximate surface area is 94.4 Å². The minimum absolute atomic E-state index is 0.127. The minimum atomic E-state index is -0.191. The molecule has 0 aliphatic carbocycles. The third kappa shape index (κ3) is 2.33. The summed E-state index contributed by atoms with van der Waals surface area (Å²) in [5, 5.41) is 12.9. The molecule has 1 saturated heterocycles. The van der Waals surface area contributed by atoms with Crippen LogP contribution in [0.1, 0.15) is 19.9 Å². The largest absolute Gasteiger partial charge is 0.336 e. The summed E-state index contributed by atoms with van der Waals surface area (Å²) in [5.74, 6) is 0.740. The van der Waals surface area contributed by atoms with Crippen LogP contribution in [-0.4, -0.2) is 34.9 Å². The smallest absolute Gasteiger partial charge is 0.320 e. The van der Waals surface area contributed by atoms with E-state index in [1.54, 1.807) is 12.3 Å². The molecule has 0 atom stereocenters. The summed E-state index contributed by atoms with van der Waals surface area (Å²) in [5.41, 5.74) is 0. The van der Waals surface area contributed by atoms with Crippen molar-refractivity contribution < 1.29 is 4.79 Å². The van der Waals surface area contributed by atoms with E-state index in [9.17, 15) is 4.79 Å². The van der Waals surface area contributed by atoms with Crippen molar-refractivity contribution in [1.29, 1.82) is 0 Å². The molecule has 1 aromatic rings. The number of anilines is 1. The van der Waals surface area contributed by atoms with Gasteiger partial charge in [0.25, 0.3) is 0 Å². The average molecular weight is 223 g/mol. The van der Waals surface area contributed by atoms with Gasteiger partial charge in [-0.25, -0.2) is 9.48 Å². The Morgan fingerprint density at radius 1 is 1.62 bits per heavy atom. The van der Waals surface area contributed by atoms with E-state index in [1.165, 1.54) is 0 Å². The summed E-state index contributed by atoms with van der Waals surface area (Å²) in [4.78, 5) is 11.5. The summed E-state index contributed by atoms with van der Waals surface area (Å²) in [6, 6.07) is 2.09. The number of rotatable bonds is 3. The van der Waals surface area contributed by atoms with Gasteiger partial charge >= 0.3 is 6.03 Å². The average Bonchev–Trinajstić information content (AvgIpc) is 2.48. The predicted octanol–water partition coefficient (Wildman–Crippen LogP) is 0.557. The number of carbonyl (C=O) groups excluding carboxylic acids is 1. The third-order valence-electron chi connectivity index (χ3n) is 2.44. The maximum Gasteiger partial charge on any atom is 0.320 e. The molecule has 0 saturated carbocycles. The van der Waals surface area contributed by atoms with E-state index in [-0.39, 0.29) is 12.1 Å². The van der Waals surface area contributed by atoms with E-state index in [4.69, 9.17) is 0 Å². The molecule has 6 heteroatoms. The van der Waals surface area contributed by atoms with Crippen LogP contribution >= 0.6 is 0 Å². The Bertz CT molecular complexity index is 369.